The monoisotopic (exact) mass is 279 g/mol. The Morgan fingerprint density at radius 3 is 2.60 bits per heavy atom. The molecule has 0 aliphatic heterocycles. The summed E-state index contributed by atoms with van der Waals surface area (Å²) in [7, 11) is 0. The van der Waals surface area contributed by atoms with Crippen LogP contribution in [0.5, 0.6) is 0 Å². The van der Waals surface area contributed by atoms with E-state index in [9.17, 15) is 9.59 Å². The van der Waals surface area contributed by atoms with Gasteiger partial charge in [0.05, 0.1) is 24.0 Å². The first-order valence-corrected chi connectivity index (χ1v) is 6.79. The number of carboxylic acids is 1. The summed E-state index contributed by atoms with van der Waals surface area (Å²) in [6, 6.07) is 3.11. The molecule has 0 atom stereocenters. The molecule has 20 heavy (non-hydrogen) atoms. The lowest BCUT2D eigenvalue weighted by atomic mass is 10.2. The van der Waals surface area contributed by atoms with E-state index >= 15 is 0 Å². The van der Waals surface area contributed by atoms with Crippen molar-refractivity contribution in [2.45, 2.75) is 33.1 Å². The van der Waals surface area contributed by atoms with E-state index in [1.165, 1.54) is 6.20 Å². The molecule has 1 aromatic rings. The number of unbranched alkanes of at least 4 members (excludes halogenated alkanes) is 1. The molecule has 0 aliphatic carbocycles. The second kappa shape index (κ2) is 8.14. The smallest absolute Gasteiger partial charge is 0.321 e. The van der Waals surface area contributed by atoms with Crippen molar-refractivity contribution in [3.63, 3.8) is 0 Å². The SMILES string of the molecule is CCCCN(CC)C(=O)Nc1ccc(CC(=O)O)nc1. The highest BCUT2D eigenvalue weighted by atomic mass is 16.4. The fourth-order valence-electron chi connectivity index (χ4n) is 1.71. The van der Waals surface area contributed by atoms with Gasteiger partial charge in [-0.1, -0.05) is 13.3 Å². The van der Waals surface area contributed by atoms with Gasteiger partial charge in [0.2, 0.25) is 0 Å². The van der Waals surface area contributed by atoms with Crippen LogP contribution in [0, 0.1) is 0 Å². The quantitative estimate of drug-likeness (QED) is 0.802. The van der Waals surface area contributed by atoms with Crippen LogP contribution in [0.3, 0.4) is 0 Å². The topological polar surface area (TPSA) is 82.5 Å². The number of aliphatic carboxylic acids is 1. The van der Waals surface area contributed by atoms with Crippen molar-refractivity contribution in [1.82, 2.24) is 9.88 Å². The van der Waals surface area contributed by atoms with Gasteiger partial charge in [-0.15, -0.1) is 0 Å². The second-order valence-electron chi connectivity index (χ2n) is 4.47. The van der Waals surface area contributed by atoms with E-state index < -0.39 is 5.97 Å². The van der Waals surface area contributed by atoms with Crippen LogP contribution in [0.25, 0.3) is 0 Å². The van der Waals surface area contributed by atoms with Gasteiger partial charge in [-0.2, -0.15) is 0 Å². The molecule has 2 N–H and O–H groups in total. The first kappa shape index (κ1) is 15.9. The van der Waals surface area contributed by atoms with Gasteiger partial charge in [0.1, 0.15) is 0 Å². The molecule has 0 bridgehead atoms. The van der Waals surface area contributed by atoms with Gasteiger partial charge in [-0.3, -0.25) is 9.78 Å². The Bertz CT molecular complexity index is 445. The number of carboxylic acid groups (broad SMARTS) is 1. The van der Waals surface area contributed by atoms with Crippen LogP contribution in [0.1, 0.15) is 32.4 Å². The largest absolute Gasteiger partial charge is 0.481 e. The number of nitrogens with one attached hydrogen (secondary N) is 1. The zero-order valence-corrected chi connectivity index (χ0v) is 11.9. The average molecular weight is 279 g/mol. The lowest BCUT2D eigenvalue weighted by Gasteiger charge is -2.21. The number of hydrogen-bond donors (Lipinski definition) is 2. The van der Waals surface area contributed by atoms with Gasteiger partial charge in [0.15, 0.2) is 0 Å². The van der Waals surface area contributed by atoms with Crippen molar-refractivity contribution >= 4 is 17.7 Å². The lowest BCUT2D eigenvalue weighted by Crippen LogP contribution is -2.35. The molecule has 2 amide bonds. The predicted octanol–water partition coefficient (Wildman–Crippen LogP) is 2.36. The number of urea groups is 1. The van der Waals surface area contributed by atoms with Crippen LogP contribution >= 0.6 is 0 Å². The maximum absolute atomic E-state index is 12.0. The summed E-state index contributed by atoms with van der Waals surface area (Å²) >= 11 is 0. The second-order valence-corrected chi connectivity index (χ2v) is 4.47. The number of anilines is 1. The van der Waals surface area contributed by atoms with Crippen molar-refractivity contribution in [3.8, 4) is 0 Å². The van der Waals surface area contributed by atoms with Gasteiger partial charge in [-0.25, -0.2) is 4.79 Å². The molecule has 6 nitrogen and oxygen atoms in total. The van der Waals surface area contributed by atoms with E-state index in [4.69, 9.17) is 5.11 Å². The van der Waals surface area contributed by atoms with E-state index in [2.05, 4.69) is 17.2 Å². The Kier molecular flexibility index (Phi) is 6.49. The van der Waals surface area contributed by atoms with Crippen molar-refractivity contribution in [2.75, 3.05) is 18.4 Å². The Balaban J connectivity index is 2.58. The van der Waals surface area contributed by atoms with Crippen LogP contribution in [-0.2, 0) is 11.2 Å². The summed E-state index contributed by atoms with van der Waals surface area (Å²) < 4.78 is 0. The zero-order chi connectivity index (χ0) is 15.0. The minimum Gasteiger partial charge on any atom is -0.481 e. The van der Waals surface area contributed by atoms with Crippen LogP contribution in [0.2, 0.25) is 0 Å². The Morgan fingerprint density at radius 1 is 1.35 bits per heavy atom. The number of amides is 2. The molecule has 0 unspecified atom stereocenters. The summed E-state index contributed by atoms with van der Waals surface area (Å²) in [6.07, 6.45) is 3.36. The van der Waals surface area contributed by atoms with Crippen LogP contribution in [0.4, 0.5) is 10.5 Å². The molecular formula is C14H21N3O3. The summed E-state index contributed by atoms with van der Waals surface area (Å²) in [6.45, 7) is 5.39. The van der Waals surface area contributed by atoms with E-state index in [1.807, 2.05) is 6.92 Å². The average Bonchev–Trinajstić information content (AvgIpc) is 2.41. The third-order valence-electron chi connectivity index (χ3n) is 2.86. The molecule has 110 valence electrons. The number of nitrogens with zero attached hydrogens (tertiary/aromatic N) is 2. The summed E-state index contributed by atoms with van der Waals surface area (Å²) in [5.74, 6) is -0.925. The highest BCUT2D eigenvalue weighted by Gasteiger charge is 2.11. The van der Waals surface area contributed by atoms with Gasteiger partial charge in [-0.05, 0) is 25.5 Å². The van der Waals surface area contributed by atoms with Gasteiger partial charge >= 0.3 is 12.0 Å². The molecule has 0 fully saturated rings. The Labute approximate surface area is 118 Å². The van der Waals surface area contributed by atoms with Crippen LogP contribution in [0.15, 0.2) is 18.3 Å². The van der Waals surface area contributed by atoms with Crippen LogP contribution < -0.4 is 5.32 Å². The molecule has 0 saturated carbocycles. The molecule has 0 aliphatic rings. The lowest BCUT2D eigenvalue weighted by molar-refractivity contribution is -0.136. The molecule has 1 heterocycles. The number of rotatable bonds is 7. The third-order valence-corrected chi connectivity index (χ3v) is 2.86. The molecule has 1 rings (SSSR count). The molecule has 0 aromatic carbocycles. The minimum absolute atomic E-state index is 0.119. The molecule has 0 spiro atoms. The number of carbonyl (C=O) groups is 2. The van der Waals surface area contributed by atoms with Gasteiger partial charge in [0, 0.05) is 13.1 Å². The number of hydrogen-bond acceptors (Lipinski definition) is 3. The van der Waals surface area contributed by atoms with E-state index in [0.717, 1.165) is 19.4 Å². The summed E-state index contributed by atoms with van der Waals surface area (Å²) in [4.78, 5) is 28.3. The minimum atomic E-state index is -0.925. The van der Waals surface area contributed by atoms with Crippen LogP contribution in [-0.4, -0.2) is 40.1 Å². The third kappa shape index (κ3) is 5.26. The Hall–Kier alpha value is -2.11. The maximum Gasteiger partial charge on any atom is 0.321 e. The number of aromatic nitrogens is 1. The van der Waals surface area contributed by atoms with Crippen molar-refractivity contribution in [1.29, 1.82) is 0 Å². The molecule has 0 radical (unpaired) electrons. The fraction of sp³-hybridized carbons (Fsp3) is 0.500. The standard InChI is InChI=1S/C14H21N3O3/c1-3-5-8-17(4-2)14(20)16-12-7-6-11(15-10-12)9-13(18)19/h6-7,10H,3-5,8-9H2,1-2H3,(H,16,20)(H,18,19). The highest BCUT2D eigenvalue weighted by Crippen LogP contribution is 2.08. The molecule has 0 saturated heterocycles. The van der Waals surface area contributed by atoms with Gasteiger partial charge < -0.3 is 15.3 Å². The van der Waals surface area contributed by atoms with E-state index in [1.54, 1.807) is 17.0 Å². The Morgan fingerprint density at radius 2 is 2.10 bits per heavy atom. The van der Waals surface area contributed by atoms with Crippen molar-refractivity contribution < 1.29 is 14.7 Å². The normalized spacial score (nSPS) is 10.1. The van der Waals surface area contributed by atoms with E-state index in [-0.39, 0.29) is 12.5 Å². The number of carbonyl (C=O) groups excluding carboxylic acids is 1. The molecule has 1 aromatic heterocycles. The summed E-state index contributed by atoms with van der Waals surface area (Å²) in [5, 5.41) is 11.4. The van der Waals surface area contributed by atoms with Crippen molar-refractivity contribution in [2.24, 2.45) is 0 Å². The van der Waals surface area contributed by atoms with Crippen molar-refractivity contribution in [3.05, 3.63) is 24.0 Å². The highest BCUT2D eigenvalue weighted by molar-refractivity contribution is 5.89. The molecular weight excluding hydrogens is 258 g/mol. The summed E-state index contributed by atoms with van der Waals surface area (Å²) in [5.41, 5.74) is 1.04. The predicted molar refractivity (Wildman–Crippen MR) is 76.8 cm³/mol. The first-order chi connectivity index (χ1) is 9.56. The van der Waals surface area contributed by atoms with E-state index in [0.29, 0.717) is 17.9 Å². The van der Waals surface area contributed by atoms with Gasteiger partial charge in [0.25, 0.3) is 0 Å². The fourth-order valence-corrected chi connectivity index (χ4v) is 1.71. The maximum atomic E-state index is 12.0. The zero-order valence-electron chi connectivity index (χ0n) is 11.9. The number of pyridine rings is 1. The molecule has 6 heteroatoms. The first-order valence-electron chi connectivity index (χ1n) is 6.79.